The van der Waals surface area contributed by atoms with E-state index in [1.54, 1.807) is 31.3 Å². The van der Waals surface area contributed by atoms with Crippen molar-refractivity contribution in [3.05, 3.63) is 53.1 Å². The first-order valence-electron chi connectivity index (χ1n) is 10.5. The van der Waals surface area contributed by atoms with E-state index in [1.165, 1.54) is 10.5 Å². The van der Waals surface area contributed by atoms with Crippen LogP contribution in [0, 0.1) is 13.8 Å². The van der Waals surface area contributed by atoms with E-state index in [1.807, 2.05) is 24.9 Å². The van der Waals surface area contributed by atoms with Gasteiger partial charge in [0.15, 0.2) is 0 Å². The fourth-order valence-electron chi connectivity index (χ4n) is 4.22. The first-order valence-corrected chi connectivity index (χ1v) is 10.5. The van der Waals surface area contributed by atoms with E-state index in [4.69, 9.17) is 5.73 Å². The summed E-state index contributed by atoms with van der Waals surface area (Å²) in [6.45, 7) is 5.30. The lowest BCUT2D eigenvalue weighted by Crippen LogP contribution is -2.44. The molecule has 0 unspecified atom stereocenters. The number of aromatic nitrogens is 3. The highest BCUT2D eigenvalue weighted by Gasteiger charge is 2.27. The number of nitrogens with two attached hydrogens (primary N) is 1. The van der Waals surface area contributed by atoms with E-state index in [9.17, 15) is 9.59 Å². The summed E-state index contributed by atoms with van der Waals surface area (Å²) in [5.41, 5.74) is 10.9. The maximum absolute atomic E-state index is 12.8. The molecule has 0 aliphatic carbocycles. The molecule has 2 amide bonds. The van der Waals surface area contributed by atoms with Crippen molar-refractivity contribution in [1.29, 1.82) is 0 Å². The lowest BCUT2D eigenvalue weighted by Gasteiger charge is -2.33. The highest BCUT2D eigenvalue weighted by Crippen LogP contribution is 2.32. The highest BCUT2D eigenvalue weighted by atomic mass is 16.2. The Kier molecular flexibility index (Phi) is 5.63. The van der Waals surface area contributed by atoms with Gasteiger partial charge in [0.2, 0.25) is 5.91 Å². The molecule has 31 heavy (non-hydrogen) atoms. The Balaban J connectivity index is 1.37. The topological polar surface area (TPSA) is 108 Å². The van der Waals surface area contributed by atoms with Gasteiger partial charge >= 0.3 is 0 Å². The summed E-state index contributed by atoms with van der Waals surface area (Å²) in [4.78, 5) is 41.1. The van der Waals surface area contributed by atoms with Crippen LogP contribution in [0.2, 0.25) is 0 Å². The molecule has 3 heterocycles. The minimum atomic E-state index is -0.189. The summed E-state index contributed by atoms with van der Waals surface area (Å²) in [5.74, 6) is 0.989. The minimum absolute atomic E-state index is 0.0330. The number of imidazole rings is 1. The summed E-state index contributed by atoms with van der Waals surface area (Å²) in [7, 11) is 1.65. The number of rotatable bonds is 4. The number of nitrogens with one attached hydrogen (secondary N) is 1. The van der Waals surface area contributed by atoms with Gasteiger partial charge < -0.3 is 20.5 Å². The molecule has 3 N–H and O–H groups in total. The normalized spacial score (nSPS) is 14.7. The lowest BCUT2D eigenvalue weighted by molar-refractivity contribution is -0.132. The van der Waals surface area contributed by atoms with Crippen molar-refractivity contribution in [1.82, 2.24) is 24.8 Å². The molecule has 2 aromatic heterocycles. The Labute approximate surface area is 181 Å². The van der Waals surface area contributed by atoms with Gasteiger partial charge in [-0.1, -0.05) is 0 Å². The number of carbonyl (C=O) groups is 2. The van der Waals surface area contributed by atoms with Gasteiger partial charge in [-0.25, -0.2) is 4.98 Å². The van der Waals surface area contributed by atoms with Crippen LogP contribution >= 0.6 is 0 Å². The molecular weight excluding hydrogens is 392 g/mol. The van der Waals surface area contributed by atoms with Crippen LogP contribution in [-0.4, -0.2) is 63.2 Å². The molecule has 0 bridgehead atoms. The van der Waals surface area contributed by atoms with Crippen LogP contribution in [0.1, 0.15) is 46.2 Å². The minimum Gasteiger partial charge on any atom is -0.399 e. The van der Waals surface area contributed by atoms with E-state index in [0.717, 1.165) is 35.4 Å². The summed E-state index contributed by atoms with van der Waals surface area (Å²) >= 11 is 0. The van der Waals surface area contributed by atoms with Crippen molar-refractivity contribution >= 4 is 28.5 Å². The molecule has 8 heteroatoms. The van der Waals surface area contributed by atoms with E-state index in [0.29, 0.717) is 30.3 Å². The maximum atomic E-state index is 12.8. The van der Waals surface area contributed by atoms with Gasteiger partial charge in [0.25, 0.3) is 5.91 Å². The number of hydrogen-bond acceptors (Lipinski definition) is 5. The second-order valence-electron chi connectivity index (χ2n) is 8.28. The van der Waals surface area contributed by atoms with Gasteiger partial charge in [0, 0.05) is 37.6 Å². The average molecular weight is 421 g/mol. The summed E-state index contributed by atoms with van der Waals surface area (Å²) in [6, 6.07) is 6.73. The Morgan fingerprint density at radius 3 is 2.55 bits per heavy atom. The number of H-pyrrole nitrogens is 1. The molecule has 1 aromatic carbocycles. The number of hydrogen-bond donors (Lipinski definition) is 2. The van der Waals surface area contributed by atoms with Crippen LogP contribution < -0.4 is 5.73 Å². The zero-order valence-electron chi connectivity index (χ0n) is 18.2. The Hall–Kier alpha value is -3.42. The van der Waals surface area contributed by atoms with Gasteiger partial charge in [-0.3, -0.25) is 14.6 Å². The second kappa shape index (κ2) is 8.37. The van der Waals surface area contributed by atoms with Crippen LogP contribution in [0.4, 0.5) is 5.69 Å². The largest absolute Gasteiger partial charge is 0.399 e. The highest BCUT2D eigenvalue weighted by molar-refractivity contribution is 5.96. The van der Waals surface area contributed by atoms with Gasteiger partial charge in [-0.05, 0) is 62.4 Å². The van der Waals surface area contributed by atoms with Gasteiger partial charge in [0.05, 0.1) is 17.8 Å². The Morgan fingerprint density at radius 2 is 1.87 bits per heavy atom. The number of pyridine rings is 1. The number of likely N-dealkylation sites (N-methyl/N-ethyl adjacent to an activating group) is 1. The molecule has 1 fully saturated rings. The summed E-state index contributed by atoms with van der Waals surface area (Å²) < 4.78 is 0. The van der Waals surface area contributed by atoms with E-state index < -0.39 is 0 Å². The lowest BCUT2D eigenvalue weighted by atomic mass is 9.89. The van der Waals surface area contributed by atoms with Gasteiger partial charge in [-0.15, -0.1) is 0 Å². The Morgan fingerprint density at radius 1 is 1.19 bits per heavy atom. The number of nitrogen functional groups attached to an aromatic ring is 1. The summed E-state index contributed by atoms with van der Waals surface area (Å²) in [5, 5.41) is 0. The molecule has 162 valence electrons. The summed E-state index contributed by atoms with van der Waals surface area (Å²) in [6.07, 6.45) is 3.66. The van der Waals surface area contributed by atoms with Crippen LogP contribution in [0.15, 0.2) is 30.5 Å². The van der Waals surface area contributed by atoms with E-state index in [-0.39, 0.29) is 18.4 Å². The SMILES string of the molecule is Cc1nc2c(C)ncc(C3CCN(C(=O)CN(C)C(=O)c4ccc(N)cc4)CC3)c2[nH]1. The van der Waals surface area contributed by atoms with Crippen LogP contribution in [-0.2, 0) is 4.79 Å². The molecule has 1 aliphatic rings. The molecule has 0 atom stereocenters. The fraction of sp³-hybridized carbons (Fsp3) is 0.391. The smallest absolute Gasteiger partial charge is 0.254 e. The number of piperidine rings is 1. The third-order valence-electron chi connectivity index (χ3n) is 6.02. The van der Waals surface area contributed by atoms with Gasteiger partial charge in [0.1, 0.15) is 11.3 Å². The van der Waals surface area contributed by atoms with Crippen molar-refractivity contribution in [2.75, 3.05) is 32.4 Å². The van der Waals surface area contributed by atoms with Crippen molar-refractivity contribution < 1.29 is 9.59 Å². The number of carbonyl (C=O) groups excluding carboxylic acids is 2. The Bertz CT molecular complexity index is 1110. The molecule has 4 rings (SSSR count). The number of amides is 2. The first-order chi connectivity index (χ1) is 14.8. The van der Waals surface area contributed by atoms with Crippen molar-refractivity contribution in [2.45, 2.75) is 32.6 Å². The van der Waals surface area contributed by atoms with Crippen LogP contribution in [0.3, 0.4) is 0 Å². The number of fused-ring (bicyclic) bond motifs is 1. The van der Waals surface area contributed by atoms with Crippen LogP contribution in [0.25, 0.3) is 11.0 Å². The number of aryl methyl sites for hydroxylation is 2. The standard InChI is InChI=1S/C23H28N6O2/c1-14-21-22(27-15(2)26-21)19(12-25-14)16-8-10-29(11-9-16)20(30)13-28(3)23(31)17-4-6-18(24)7-5-17/h4-7,12,16H,8-11,13,24H2,1-3H3,(H,26,27). The fourth-order valence-corrected chi connectivity index (χ4v) is 4.22. The number of anilines is 1. The molecule has 0 spiro atoms. The van der Waals surface area contributed by atoms with Crippen molar-refractivity contribution in [3.63, 3.8) is 0 Å². The molecule has 1 saturated heterocycles. The molecule has 1 aliphatic heterocycles. The maximum Gasteiger partial charge on any atom is 0.254 e. The zero-order chi connectivity index (χ0) is 22.1. The average Bonchev–Trinajstić information content (AvgIpc) is 3.16. The molecular formula is C23H28N6O2. The third-order valence-corrected chi connectivity index (χ3v) is 6.02. The number of likely N-dealkylation sites (tertiary alicyclic amines) is 1. The molecule has 0 radical (unpaired) electrons. The number of benzene rings is 1. The van der Waals surface area contributed by atoms with E-state index >= 15 is 0 Å². The predicted molar refractivity (Wildman–Crippen MR) is 120 cm³/mol. The van der Waals surface area contributed by atoms with Crippen molar-refractivity contribution in [3.8, 4) is 0 Å². The quantitative estimate of drug-likeness (QED) is 0.631. The second-order valence-corrected chi connectivity index (χ2v) is 8.28. The number of nitrogens with zero attached hydrogens (tertiary/aromatic N) is 4. The predicted octanol–water partition coefficient (Wildman–Crippen LogP) is 2.64. The first kappa shape index (κ1) is 20.8. The van der Waals surface area contributed by atoms with Crippen LogP contribution in [0.5, 0.6) is 0 Å². The third kappa shape index (κ3) is 4.23. The van der Waals surface area contributed by atoms with Gasteiger partial charge in [-0.2, -0.15) is 0 Å². The zero-order valence-corrected chi connectivity index (χ0v) is 18.2. The molecule has 0 saturated carbocycles. The number of aromatic amines is 1. The van der Waals surface area contributed by atoms with Crippen molar-refractivity contribution in [2.24, 2.45) is 0 Å². The monoisotopic (exact) mass is 420 g/mol. The van der Waals surface area contributed by atoms with E-state index in [2.05, 4.69) is 15.0 Å². The molecule has 3 aromatic rings. The molecule has 8 nitrogen and oxygen atoms in total.